The molecule has 1 saturated heterocycles. The predicted octanol–water partition coefficient (Wildman–Crippen LogP) is 1.66. The summed E-state index contributed by atoms with van der Waals surface area (Å²) >= 11 is 0. The third-order valence-corrected chi connectivity index (χ3v) is 6.68. The van der Waals surface area contributed by atoms with Gasteiger partial charge in [0, 0.05) is 6.42 Å². The van der Waals surface area contributed by atoms with Crippen LogP contribution in [0.2, 0.25) is 0 Å². The molecule has 1 N–H and O–H groups in total. The molecule has 0 aliphatic carbocycles. The van der Waals surface area contributed by atoms with E-state index in [1.165, 1.54) is 24.3 Å². The Kier molecular flexibility index (Phi) is 5.76. The lowest BCUT2D eigenvalue weighted by Gasteiger charge is -2.27. The van der Waals surface area contributed by atoms with Crippen molar-refractivity contribution < 1.29 is 36.8 Å². The van der Waals surface area contributed by atoms with Crippen molar-refractivity contribution in [1.29, 1.82) is 0 Å². The molecule has 2 aliphatic heterocycles. The van der Waals surface area contributed by atoms with Crippen LogP contribution in [0.1, 0.15) is 51.6 Å². The molecular formula is C22H20N2O8S. The molecule has 33 heavy (non-hydrogen) atoms. The summed E-state index contributed by atoms with van der Waals surface area (Å²) in [5.74, 6) is -2.74. The number of nitrogens with one attached hydrogen (secondary N) is 1. The van der Waals surface area contributed by atoms with Crippen LogP contribution in [-0.2, 0) is 30.5 Å². The van der Waals surface area contributed by atoms with Crippen LogP contribution in [-0.4, -0.2) is 43.0 Å². The lowest BCUT2D eigenvalue weighted by molar-refractivity contribution is -0.136. The van der Waals surface area contributed by atoms with Gasteiger partial charge in [-0.3, -0.25) is 29.4 Å². The Morgan fingerprint density at radius 3 is 2.45 bits per heavy atom. The molecule has 10 nitrogen and oxygen atoms in total. The van der Waals surface area contributed by atoms with E-state index >= 15 is 0 Å². The van der Waals surface area contributed by atoms with E-state index in [9.17, 15) is 27.6 Å². The van der Waals surface area contributed by atoms with Crippen molar-refractivity contribution in [3.05, 3.63) is 58.7 Å². The highest BCUT2D eigenvalue weighted by molar-refractivity contribution is 7.86. The quantitative estimate of drug-likeness (QED) is 0.381. The van der Waals surface area contributed by atoms with Crippen LogP contribution in [0.15, 0.2) is 41.3 Å². The number of rotatable bonds is 6. The summed E-state index contributed by atoms with van der Waals surface area (Å²) in [6, 6.07) is 7.44. The maximum absolute atomic E-state index is 12.8. The minimum atomic E-state index is -4.27. The van der Waals surface area contributed by atoms with Crippen LogP contribution in [0.25, 0.3) is 0 Å². The fraction of sp³-hybridized carbons (Fsp3) is 0.273. The van der Waals surface area contributed by atoms with Crippen LogP contribution in [0.4, 0.5) is 0 Å². The number of imide groups is 2. The Labute approximate surface area is 189 Å². The summed E-state index contributed by atoms with van der Waals surface area (Å²) in [6.07, 6.45) is 0.491. The Morgan fingerprint density at radius 2 is 1.76 bits per heavy atom. The van der Waals surface area contributed by atoms with Gasteiger partial charge in [0.1, 0.15) is 10.9 Å². The molecule has 0 bridgehead atoms. The first-order valence-electron chi connectivity index (χ1n) is 10.2. The van der Waals surface area contributed by atoms with Gasteiger partial charge in [-0.2, -0.15) is 8.42 Å². The van der Waals surface area contributed by atoms with Crippen molar-refractivity contribution >= 4 is 33.7 Å². The van der Waals surface area contributed by atoms with Crippen molar-refractivity contribution in [2.24, 2.45) is 0 Å². The van der Waals surface area contributed by atoms with Crippen molar-refractivity contribution in [2.45, 2.75) is 44.0 Å². The second kappa shape index (κ2) is 8.41. The number of amides is 4. The standard InChI is InChI=1S/C22H20N2O8S/c1-3-13-10-12(2)4-8-18(13)33(29,30)32-31-14-5-6-15-16(11-14)22(28)24(21(15)27)17-7-9-19(25)23-20(17)26/h4-6,8,10-11,17H,3,7,9H2,1-2H3,(H,23,25,26). The van der Waals surface area contributed by atoms with Gasteiger partial charge in [-0.1, -0.05) is 29.0 Å². The van der Waals surface area contributed by atoms with Gasteiger partial charge in [-0.05, 0) is 49.6 Å². The number of carbonyl (C=O) groups is 4. The number of aryl methyl sites for hydroxylation is 2. The summed E-state index contributed by atoms with van der Waals surface area (Å²) in [5, 5.41) is 2.12. The Balaban J connectivity index is 1.54. The minimum absolute atomic E-state index is 0.00261. The SMILES string of the molecule is CCc1cc(C)ccc1S(=O)(=O)OOc1ccc2c(c1)C(=O)N(C1CCC(=O)NC1=O)C2=O. The zero-order valence-electron chi connectivity index (χ0n) is 17.8. The summed E-state index contributed by atoms with van der Waals surface area (Å²) < 4.78 is 30.0. The number of carbonyl (C=O) groups excluding carboxylic acids is 4. The van der Waals surface area contributed by atoms with Crippen LogP contribution >= 0.6 is 0 Å². The minimum Gasteiger partial charge on any atom is -0.321 e. The van der Waals surface area contributed by atoms with E-state index in [1.54, 1.807) is 12.1 Å². The van der Waals surface area contributed by atoms with E-state index in [-0.39, 0.29) is 34.6 Å². The van der Waals surface area contributed by atoms with Gasteiger partial charge in [-0.15, -0.1) is 0 Å². The third kappa shape index (κ3) is 4.12. The highest BCUT2D eigenvalue weighted by atomic mass is 32.2. The molecule has 2 heterocycles. The molecule has 2 aliphatic rings. The molecule has 0 spiro atoms. The number of piperidine rings is 1. The molecule has 4 amide bonds. The topological polar surface area (TPSA) is 136 Å². The molecule has 0 aromatic heterocycles. The number of hydrogen-bond acceptors (Lipinski definition) is 8. The first-order chi connectivity index (χ1) is 15.6. The molecule has 0 radical (unpaired) electrons. The number of hydrogen-bond donors (Lipinski definition) is 1. The molecule has 2 aromatic rings. The number of benzene rings is 2. The van der Waals surface area contributed by atoms with E-state index in [0.29, 0.717) is 12.0 Å². The summed E-state index contributed by atoms with van der Waals surface area (Å²) in [6.45, 7) is 3.65. The summed E-state index contributed by atoms with van der Waals surface area (Å²) in [4.78, 5) is 54.8. The fourth-order valence-corrected chi connectivity index (χ4v) is 4.85. The zero-order valence-corrected chi connectivity index (χ0v) is 18.6. The zero-order chi connectivity index (χ0) is 23.9. The van der Waals surface area contributed by atoms with E-state index < -0.39 is 39.8 Å². The smallest absolute Gasteiger partial charge is 0.321 e. The van der Waals surface area contributed by atoms with Crippen LogP contribution in [0.5, 0.6) is 5.75 Å². The predicted molar refractivity (Wildman–Crippen MR) is 113 cm³/mol. The fourth-order valence-electron chi connectivity index (χ4n) is 3.85. The van der Waals surface area contributed by atoms with Gasteiger partial charge in [0.25, 0.3) is 11.8 Å². The van der Waals surface area contributed by atoms with Gasteiger partial charge in [0.2, 0.25) is 11.8 Å². The summed E-state index contributed by atoms with van der Waals surface area (Å²) in [5.41, 5.74) is 1.43. The van der Waals surface area contributed by atoms with Gasteiger partial charge >= 0.3 is 10.1 Å². The molecule has 1 fully saturated rings. The second-order valence-electron chi connectivity index (χ2n) is 7.72. The highest BCUT2D eigenvalue weighted by Crippen LogP contribution is 2.31. The van der Waals surface area contributed by atoms with Crippen molar-refractivity contribution in [3.63, 3.8) is 0 Å². The van der Waals surface area contributed by atoms with E-state index in [2.05, 4.69) is 5.32 Å². The van der Waals surface area contributed by atoms with Crippen LogP contribution in [0, 0.1) is 6.92 Å². The first kappa shape index (κ1) is 22.6. The molecular weight excluding hydrogens is 452 g/mol. The normalized spacial score (nSPS) is 18.4. The van der Waals surface area contributed by atoms with Crippen LogP contribution in [0.3, 0.4) is 0 Å². The molecule has 0 saturated carbocycles. The molecule has 2 aromatic carbocycles. The molecule has 172 valence electrons. The third-order valence-electron chi connectivity index (χ3n) is 5.50. The average molecular weight is 472 g/mol. The molecule has 1 unspecified atom stereocenters. The van der Waals surface area contributed by atoms with E-state index in [4.69, 9.17) is 9.22 Å². The van der Waals surface area contributed by atoms with Crippen molar-refractivity contribution in [1.82, 2.24) is 10.2 Å². The highest BCUT2D eigenvalue weighted by Gasteiger charge is 2.44. The van der Waals surface area contributed by atoms with Gasteiger partial charge in [0.15, 0.2) is 5.75 Å². The Bertz CT molecular complexity index is 1300. The molecule has 4 rings (SSSR count). The van der Waals surface area contributed by atoms with Crippen LogP contribution < -0.4 is 10.2 Å². The first-order valence-corrected chi connectivity index (χ1v) is 11.6. The van der Waals surface area contributed by atoms with E-state index in [1.807, 2.05) is 13.8 Å². The summed E-state index contributed by atoms with van der Waals surface area (Å²) in [7, 11) is -4.27. The van der Waals surface area contributed by atoms with Gasteiger partial charge < -0.3 is 4.89 Å². The molecule has 11 heteroatoms. The lowest BCUT2D eigenvalue weighted by Crippen LogP contribution is -2.54. The largest absolute Gasteiger partial charge is 0.332 e. The monoisotopic (exact) mass is 472 g/mol. The van der Waals surface area contributed by atoms with Gasteiger partial charge in [0.05, 0.1) is 11.1 Å². The Morgan fingerprint density at radius 1 is 1.03 bits per heavy atom. The maximum atomic E-state index is 12.8. The Hall–Kier alpha value is -3.57. The number of nitrogens with zero attached hydrogens (tertiary/aromatic N) is 1. The second-order valence-corrected chi connectivity index (χ2v) is 9.21. The number of fused-ring (bicyclic) bond motifs is 1. The lowest BCUT2D eigenvalue weighted by atomic mass is 10.0. The van der Waals surface area contributed by atoms with E-state index in [0.717, 1.165) is 10.5 Å². The maximum Gasteiger partial charge on any atom is 0.332 e. The van der Waals surface area contributed by atoms with Crippen molar-refractivity contribution in [2.75, 3.05) is 0 Å². The average Bonchev–Trinajstić information content (AvgIpc) is 3.02. The van der Waals surface area contributed by atoms with Gasteiger partial charge in [-0.25, -0.2) is 0 Å². The molecule has 1 atom stereocenters. The van der Waals surface area contributed by atoms with Crippen molar-refractivity contribution in [3.8, 4) is 5.75 Å².